The first-order valence-corrected chi connectivity index (χ1v) is 6.24. The molecule has 3 heteroatoms. The van der Waals surface area contributed by atoms with Gasteiger partial charge in [0.25, 0.3) is 0 Å². The maximum Gasteiger partial charge on any atom is 0.0956 e. The van der Waals surface area contributed by atoms with Crippen molar-refractivity contribution in [3.8, 4) is 0 Å². The van der Waals surface area contributed by atoms with Gasteiger partial charge in [-0.2, -0.15) is 0 Å². The largest absolute Gasteiger partial charge is 0.397 e. The molecule has 1 fully saturated rings. The maximum atomic E-state index is 6.14. The van der Waals surface area contributed by atoms with Gasteiger partial charge in [-0.15, -0.1) is 0 Å². The molecule has 3 rings (SSSR count). The van der Waals surface area contributed by atoms with Crippen LogP contribution in [0.3, 0.4) is 0 Å². The van der Waals surface area contributed by atoms with E-state index < -0.39 is 0 Å². The molecule has 17 heavy (non-hydrogen) atoms. The third-order valence-corrected chi connectivity index (χ3v) is 3.45. The van der Waals surface area contributed by atoms with E-state index in [0.29, 0.717) is 0 Å². The molecule has 0 amide bonds. The van der Waals surface area contributed by atoms with Crippen molar-refractivity contribution in [3.05, 3.63) is 30.5 Å². The fourth-order valence-electron chi connectivity index (χ4n) is 2.60. The Morgan fingerprint density at radius 1 is 1.06 bits per heavy atom. The van der Waals surface area contributed by atoms with Gasteiger partial charge in [-0.1, -0.05) is 12.1 Å². The Morgan fingerprint density at radius 3 is 2.71 bits per heavy atom. The zero-order valence-corrected chi connectivity index (χ0v) is 9.89. The van der Waals surface area contributed by atoms with Gasteiger partial charge in [0.05, 0.1) is 16.9 Å². The summed E-state index contributed by atoms with van der Waals surface area (Å²) in [6, 6.07) is 8.10. The number of nitrogen functional groups attached to an aromatic ring is 1. The number of hydrogen-bond donors (Lipinski definition) is 1. The summed E-state index contributed by atoms with van der Waals surface area (Å²) in [4.78, 5) is 6.88. The van der Waals surface area contributed by atoms with Crippen molar-refractivity contribution in [1.29, 1.82) is 0 Å². The quantitative estimate of drug-likeness (QED) is 0.762. The summed E-state index contributed by atoms with van der Waals surface area (Å²) in [5.74, 6) is 0. The second-order valence-corrected chi connectivity index (χ2v) is 4.63. The summed E-state index contributed by atoms with van der Waals surface area (Å²) in [5, 5.41) is 1.17. The topological polar surface area (TPSA) is 42.1 Å². The van der Waals surface area contributed by atoms with Crippen LogP contribution in [0.4, 0.5) is 11.4 Å². The van der Waals surface area contributed by atoms with Crippen molar-refractivity contribution in [2.45, 2.75) is 19.3 Å². The molecular formula is C14H17N3. The van der Waals surface area contributed by atoms with E-state index in [2.05, 4.69) is 16.0 Å². The van der Waals surface area contributed by atoms with Crippen LogP contribution in [0.15, 0.2) is 30.5 Å². The molecule has 88 valence electrons. The molecule has 2 heterocycles. The molecule has 0 unspecified atom stereocenters. The molecule has 1 aliphatic rings. The number of nitrogens with two attached hydrogens (primary N) is 1. The zero-order chi connectivity index (χ0) is 11.7. The maximum absolute atomic E-state index is 6.14. The molecule has 0 atom stereocenters. The average molecular weight is 227 g/mol. The Hall–Kier alpha value is -1.77. The third kappa shape index (κ3) is 1.82. The molecule has 1 aliphatic heterocycles. The van der Waals surface area contributed by atoms with Gasteiger partial charge in [-0.25, -0.2) is 0 Å². The number of benzene rings is 1. The fourth-order valence-corrected chi connectivity index (χ4v) is 2.60. The Kier molecular flexibility index (Phi) is 2.59. The SMILES string of the molecule is Nc1ccc2cccnc2c1N1CCCCC1. The number of pyridine rings is 1. The Balaban J connectivity index is 2.15. The summed E-state index contributed by atoms with van der Waals surface area (Å²) in [5.41, 5.74) is 9.15. The van der Waals surface area contributed by atoms with E-state index in [4.69, 9.17) is 5.73 Å². The second-order valence-electron chi connectivity index (χ2n) is 4.63. The van der Waals surface area contributed by atoms with E-state index in [0.717, 1.165) is 30.0 Å². The van der Waals surface area contributed by atoms with Crippen molar-refractivity contribution in [2.75, 3.05) is 23.7 Å². The predicted octanol–water partition coefficient (Wildman–Crippen LogP) is 2.81. The summed E-state index contributed by atoms with van der Waals surface area (Å²) in [6.45, 7) is 2.19. The van der Waals surface area contributed by atoms with Crippen molar-refractivity contribution in [3.63, 3.8) is 0 Å². The fraction of sp³-hybridized carbons (Fsp3) is 0.357. The highest BCUT2D eigenvalue weighted by Gasteiger charge is 2.16. The second kappa shape index (κ2) is 4.24. The number of fused-ring (bicyclic) bond motifs is 1. The summed E-state index contributed by atoms with van der Waals surface area (Å²) >= 11 is 0. The molecule has 0 bridgehead atoms. The van der Waals surface area contributed by atoms with Crippen LogP contribution in [0.2, 0.25) is 0 Å². The van der Waals surface area contributed by atoms with E-state index >= 15 is 0 Å². The zero-order valence-electron chi connectivity index (χ0n) is 9.89. The number of piperidine rings is 1. The summed E-state index contributed by atoms with van der Waals surface area (Å²) in [6.07, 6.45) is 5.68. The lowest BCUT2D eigenvalue weighted by Crippen LogP contribution is -2.30. The van der Waals surface area contributed by atoms with Gasteiger partial charge in [0.2, 0.25) is 0 Å². The van der Waals surface area contributed by atoms with Gasteiger partial charge in [0.15, 0.2) is 0 Å². The molecule has 1 saturated heterocycles. The Bertz CT molecular complexity index is 530. The molecular weight excluding hydrogens is 210 g/mol. The lowest BCUT2D eigenvalue weighted by molar-refractivity contribution is 0.579. The Morgan fingerprint density at radius 2 is 1.88 bits per heavy atom. The first-order chi connectivity index (χ1) is 8.36. The summed E-state index contributed by atoms with van der Waals surface area (Å²) in [7, 11) is 0. The van der Waals surface area contributed by atoms with Crippen molar-refractivity contribution in [1.82, 2.24) is 4.98 Å². The molecule has 1 aromatic carbocycles. The standard InChI is InChI=1S/C14H17N3/c15-12-7-6-11-5-4-8-16-13(11)14(12)17-9-2-1-3-10-17/h4-8H,1-3,9-10,15H2. The van der Waals surface area contributed by atoms with Gasteiger partial charge in [-0.05, 0) is 31.4 Å². The minimum atomic E-state index is 0.845. The highest BCUT2D eigenvalue weighted by molar-refractivity contribution is 5.97. The lowest BCUT2D eigenvalue weighted by Gasteiger charge is -2.30. The number of anilines is 2. The van der Waals surface area contributed by atoms with Crippen molar-refractivity contribution >= 4 is 22.3 Å². The van der Waals surface area contributed by atoms with E-state index in [-0.39, 0.29) is 0 Å². The van der Waals surface area contributed by atoms with Crippen LogP contribution >= 0.6 is 0 Å². The lowest BCUT2D eigenvalue weighted by atomic mass is 10.1. The van der Waals surface area contributed by atoms with Crippen LogP contribution in [0.5, 0.6) is 0 Å². The number of hydrogen-bond acceptors (Lipinski definition) is 3. The molecule has 2 aromatic rings. The van der Waals surface area contributed by atoms with E-state index in [9.17, 15) is 0 Å². The minimum absolute atomic E-state index is 0.845. The smallest absolute Gasteiger partial charge is 0.0956 e. The summed E-state index contributed by atoms with van der Waals surface area (Å²) < 4.78 is 0. The van der Waals surface area contributed by atoms with E-state index in [1.54, 1.807) is 0 Å². The van der Waals surface area contributed by atoms with Gasteiger partial charge in [0.1, 0.15) is 0 Å². The highest BCUT2D eigenvalue weighted by atomic mass is 15.1. The van der Waals surface area contributed by atoms with Crippen molar-refractivity contribution < 1.29 is 0 Å². The molecule has 0 radical (unpaired) electrons. The van der Waals surface area contributed by atoms with Crippen LogP contribution in [-0.2, 0) is 0 Å². The van der Waals surface area contributed by atoms with E-state index in [1.165, 1.54) is 24.6 Å². The van der Waals surface area contributed by atoms with Gasteiger partial charge < -0.3 is 10.6 Å². The van der Waals surface area contributed by atoms with Crippen LogP contribution < -0.4 is 10.6 Å². The molecule has 0 spiro atoms. The van der Waals surface area contributed by atoms with Crippen LogP contribution in [-0.4, -0.2) is 18.1 Å². The van der Waals surface area contributed by atoms with Crippen molar-refractivity contribution in [2.24, 2.45) is 0 Å². The van der Waals surface area contributed by atoms with E-state index in [1.807, 2.05) is 24.4 Å². The van der Waals surface area contributed by atoms with Crippen LogP contribution in [0, 0.1) is 0 Å². The van der Waals surface area contributed by atoms with Gasteiger partial charge >= 0.3 is 0 Å². The number of rotatable bonds is 1. The predicted molar refractivity (Wildman–Crippen MR) is 72.2 cm³/mol. The third-order valence-electron chi connectivity index (χ3n) is 3.45. The minimum Gasteiger partial charge on any atom is -0.397 e. The molecule has 0 aliphatic carbocycles. The Labute approximate surface area is 101 Å². The first kappa shape index (κ1) is 10.4. The monoisotopic (exact) mass is 227 g/mol. The number of nitrogens with zero attached hydrogens (tertiary/aromatic N) is 2. The first-order valence-electron chi connectivity index (χ1n) is 6.24. The normalized spacial score (nSPS) is 16.4. The van der Waals surface area contributed by atoms with Gasteiger partial charge in [0, 0.05) is 24.7 Å². The van der Waals surface area contributed by atoms with Gasteiger partial charge in [-0.3, -0.25) is 4.98 Å². The molecule has 2 N–H and O–H groups in total. The number of aromatic nitrogens is 1. The average Bonchev–Trinajstić information content (AvgIpc) is 2.39. The van der Waals surface area contributed by atoms with Crippen LogP contribution in [0.25, 0.3) is 10.9 Å². The molecule has 1 aromatic heterocycles. The van der Waals surface area contributed by atoms with Crippen LogP contribution in [0.1, 0.15) is 19.3 Å². The highest BCUT2D eigenvalue weighted by Crippen LogP contribution is 2.32. The molecule has 0 saturated carbocycles. The molecule has 3 nitrogen and oxygen atoms in total.